The lowest BCUT2D eigenvalue weighted by atomic mass is 10.1. The summed E-state index contributed by atoms with van der Waals surface area (Å²) in [6, 6.07) is -0.0262. The largest absolute Gasteiger partial charge is 0.520 e. The molecule has 0 N–H and O–H groups in total. The maximum atomic E-state index is 11.7. The molecule has 2 atom stereocenters. The number of isocyanates is 1. The summed E-state index contributed by atoms with van der Waals surface area (Å²) in [6.07, 6.45) is 3.76. The molecule has 0 aliphatic heterocycles. The fourth-order valence-electron chi connectivity index (χ4n) is 1.75. The van der Waals surface area contributed by atoms with Gasteiger partial charge in [0.1, 0.15) is 0 Å². The molecule has 0 unspecified atom stereocenters. The topological polar surface area (TPSA) is 55.7 Å². The highest BCUT2D eigenvalue weighted by molar-refractivity contribution is 6.71. The van der Waals surface area contributed by atoms with Crippen LogP contribution in [0.3, 0.4) is 0 Å². The van der Waals surface area contributed by atoms with Crippen LogP contribution in [0.4, 0.5) is 0 Å². The monoisotopic (exact) mass is 227 g/mol. The Hall–Kier alpha value is -0.933. The fourth-order valence-corrected chi connectivity index (χ4v) is 2.52. The van der Waals surface area contributed by atoms with Gasteiger partial charge in [-0.05, 0) is 38.9 Å². The Morgan fingerprint density at radius 1 is 1.40 bits per heavy atom. The standard InChI is InChI=1S/C10H17NO3Si/c1-15(2,3)14-10(13)8-4-5-9(6-8)11-7-12/h8-9H,4-6H2,1-3H3/t8-,9+/m1/s1. The summed E-state index contributed by atoms with van der Waals surface area (Å²) in [5.41, 5.74) is 0. The average Bonchev–Trinajstić information content (AvgIpc) is 2.50. The van der Waals surface area contributed by atoms with E-state index < -0.39 is 8.32 Å². The van der Waals surface area contributed by atoms with Crippen LogP contribution in [0.15, 0.2) is 4.99 Å². The molecule has 0 heterocycles. The van der Waals surface area contributed by atoms with Crippen molar-refractivity contribution in [2.24, 2.45) is 10.9 Å². The molecule has 1 fully saturated rings. The predicted octanol–water partition coefficient (Wildman–Crippen LogP) is 1.87. The minimum atomic E-state index is -1.79. The van der Waals surface area contributed by atoms with Gasteiger partial charge in [-0.15, -0.1) is 0 Å². The van der Waals surface area contributed by atoms with Gasteiger partial charge in [-0.2, -0.15) is 0 Å². The van der Waals surface area contributed by atoms with Crippen molar-refractivity contribution in [2.75, 3.05) is 0 Å². The Morgan fingerprint density at radius 2 is 2.07 bits per heavy atom. The summed E-state index contributed by atoms with van der Waals surface area (Å²) in [6.45, 7) is 5.96. The zero-order valence-electron chi connectivity index (χ0n) is 9.45. The maximum absolute atomic E-state index is 11.7. The zero-order valence-corrected chi connectivity index (χ0v) is 10.4. The number of carbonyl (C=O) groups is 1. The van der Waals surface area contributed by atoms with Crippen molar-refractivity contribution < 1.29 is 14.0 Å². The van der Waals surface area contributed by atoms with Crippen LogP contribution in [-0.2, 0) is 14.0 Å². The van der Waals surface area contributed by atoms with Gasteiger partial charge in [0.15, 0.2) is 0 Å². The lowest BCUT2D eigenvalue weighted by Crippen LogP contribution is -2.32. The molecule has 0 saturated heterocycles. The molecule has 1 rings (SSSR count). The number of hydrogen-bond acceptors (Lipinski definition) is 4. The summed E-state index contributed by atoms with van der Waals surface area (Å²) in [4.78, 5) is 25.4. The Kier molecular flexibility index (Phi) is 3.82. The van der Waals surface area contributed by atoms with Gasteiger partial charge in [-0.25, -0.2) is 9.79 Å². The molecule has 0 amide bonds. The van der Waals surface area contributed by atoms with Crippen molar-refractivity contribution in [1.82, 2.24) is 0 Å². The van der Waals surface area contributed by atoms with Crippen LogP contribution in [0, 0.1) is 5.92 Å². The average molecular weight is 227 g/mol. The van der Waals surface area contributed by atoms with Crippen LogP contribution in [0.5, 0.6) is 0 Å². The lowest BCUT2D eigenvalue weighted by Gasteiger charge is -2.20. The van der Waals surface area contributed by atoms with E-state index >= 15 is 0 Å². The summed E-state index contributed by atoms with van der Waals surface area (Å²) < 4.78 is 5.41. The van der Waals surface area contributed by atoms with Crippen LogP contribution < -0.4 is 0 Å². The minimum absolute atomic E-state index is 0.0262. The first-order valence-corrected chi connectivity index (χ1v) is 8.63. The van der Waals surface area contributed by atoms with E-state index in [1.165, 1.54) is 0 Å². The zero-order chi connectivity index (χ0) is 11.5. The molecule has 0 aromatic rings. The summed E-state index contributed by atoms with van der Waals surface area (Å²) in [7, 11) is -1.79. The fraction of sp³-hybridized carbons (Fsp3) is 0.800. The number of nitrogens with zero attached hydrogens (tertiary/aromatic N) is 1. The molecular weight excluding hydrogens is 210 g/mol. The summed E-state index contributed by atoms with van der Waals surface area (Å²) in [5, 5.41) is 0. The molecule has 1 aliphatic carbocycles. The SMILES string of the molecule is C[Si](C)(C)OC(=O)[C@@H]1CC[C@H](N=C=O)C1. The summed E-state index contributed by atoms with van der Waals surface area (Å²) in [5.74, 6) is -0.184. The normalized spacial score (nSPS) is 25.8. The van der Waals surface area contributed by atoms with Gasteiger partial charge < -0.3 is 4.43 Å². The van der Waals surface area contributed by atoms with Crippen LogP contribution in [0.1, 0.15) is 19.3 Å². The van der Waals surface area contributed by atoms with Gasteiger partial charge in [0.05, 0.1) is 12.0 Å². The molecular formula is C10H17NO3Si. The molecule has 0 aromatic heterocycles. The van der Waals surface area contributed by atoms with Crippen LogP contribution >= 0.6 is 0 Å². The first-order chi connectivity index (χ1) is 6.92. The minimum Gasteiger partial charge on any atom is -0.520 e. The van der Waals surface area contributed by atoms with Gasteiger partial charge in [0.25, 0.3) is 5.97 Å². The molecule has 0 bridgehead atoms. The Bertz CT molecular complexity index is 292. The lowest BCUT2D eigenvalue weighted by molar-refractivity contribution is -0.139. The van der Waals surface area contributed by atoms with E-state index in [1.54, 1.807) is 6.08 Å². The molecule has 5 heteroatoms. The van der Waals surface area contributed by atoms with Gasteiger partial charge in [-0.1, -0.05) is 0 Å². The van der Waals surface area contributed by atoms with Gasteiger partial charge in [-0.3, -0.25) is 4.79 Å². The third-order valence-electron chi connectivity index (χ3n) is 2.38. The van der Waals surface area contributed by atoms with Crippen molar-refractivity contribution in [3.8, 4) is 0 Å². The van der Waals surface area contributed by atoms with Crippen molar-refractivity contribution in [3.63, 3.8) is 0 Å². The second-order valence-electron chi connectivity index (χ2n) is 4.92. The third kappa shape index (κ3) is 3.97. The highest BCUT2D eigenvalue weighted by atomic mass is 28.4. The van der Waals surface area contributed by atoms with Crippen molar-refractivity contribution in [2.45, 2.75) is 44.9 Å². The quantitative estimate of drug-likeness (QED) is 0.420. The molecule has 0 radical (unpaired) electrons. The van der Waals surface area contributed by atoms with Crippen molar-refractivity contribution in [3.05, 3.63) is 0 Å². The molecule has 84 valence electrons. The van der Waals surface area contributed by atoms with E-state index in [1.807, 2.05) is 19.6 Å². The van der Waals surface area contributed by atoms with E-state index in [9.17, 15) is 9.59 Å². The van der Waals surface area contributed by atoms with Crippen molar-refractivity contribution in [1.29, 1.82) is 0 Å². The van der Waals surface area contributed by atoms with E-state index in [-0.39, 0.29) is 17.9 Å². The molecule has 1 saturated carbocycles. The first-order valence-electron chi connectivity index (χ1n) is 5.22. The van der Waals surface area contributed by atoms with Crippen LogP contribution in [-0.4, -0.2) is 26.4 Å². The third-order valence-corrected chi connectivity index (χ3v) is 3.19. The Balaban J connectivity index is 2.47. The predicted molar refractivity (Wildman–Crippen MR) is 58.7 cm³/mol. The van der Waals surface area contributed by atoms with E-state index in [0.29, 0.717) is 6.42 Å². The molecule has 15 heavy (non-hydrogen) atoms. The second-order valence-corrected chi connectivity index (χ2v) is 9.35. The number of carbonyl (C=O) groups excluding carboxylic acids is 2. The first kappa shape index (κ1) is 12.1. The molecule has 0 spiro atoms. The number of hydrogen-bond donors (Lipinski definition) is 0. The van der Waals surface area contributed by atoms with E-state index in [2.05, 4.69) is 4.99 Å². The number of rotatable bonds is 3. The van der Waals surface area contributed by atoms with Gasteiger partial charge in [0, 0.05) is 0 Å². The highest BCUT2D eigenvalue weighted by Crippen LogP contribution is 2.29. The maximum Gasteiger partial charge on any atom is 0.295 e. The second kappa shape index (κ2) is 4.73. The van der Waals surface area contributed by atoms with Crippen LogP contribution in [0.2, 0.25) is 19.6 Å². The van der Waals surface area contributed by atoms with Gasteiger partial charge >= 0.3 is 0 Å². The van der Waals surface area contributed by atoms with E-state index in [0.717, 1.165) is 12.8 Å². The van der Waals surface area contributed by atoms with Crippen LogP contribution in [0.25, 0.3) is 0 Å². The molecule has 1 aliphatic rings. The Labute approximate surface area is 90.9 Å². The number of aliphatic imine (C=N–C) groups is 1. The smallest absolute Gasteiger partial charge is 0.295 e. The highest BCUT2D eigenvalue weighted by Gasteiger charge is 2.33. The van der Waals surface area contributed by atoms with E-state index in [4.69, 9.17) is 4.43 Å². The molecule has 4 nitrogen and oxygen atoms in total. The Morgan fingerprint density at radius 3 is 2.60 bits per heavy atom. The van der Waals surface area contributed by atoms with Crippen molar-refractivity contribution >= 4 is 20.4 Å². The molecule has 0 aromatic carbocycles. The summed E-state index contributed by atoms with van der Waals surface area (Å²) >= 11 is 0. The van der Waals surface area contributed by atoms with Gasteiger partial charge in [0.2, 0.25) is 14.4 Å².